The summed E-state index contributed by atoms with van der Waals surface area (Å²) in [7, 11) is 4.49. The van der Waals surface area contributed by atoms with E-state index in [0.29, 0.717) is 21.5 Å². The molecule has 19 heavy (non-hydrogen) atoms. The Kier molecular flexibility index (Phi) is 3.66. The molecule has 5 nitrogen and oxygen atoms in total. The molecule has 2 N–H and O–H groups in total. The van der Waals surface area contributed by atoms with Gasteiger partial charge in [-0.2, -0.15) is 9.49 Å². The predicted octanol–water partition coefficient (Wildman–Crippen LogP) is 2.59. The van der Waals surface area contributed by atoms with Crippen molar-refractivity contribution in [1.82, 2.24) is 9.78 Å². The molecule has 1 aromatic carbocycles. The smallest absolute Gasteiger partial charge is 0.208 e. The zero-order chi connectivity index (χ0) is 14.2. The van der Waals surface area contributed by atoms with E-state index in [1.165, 1.54) is 18.9 Å². The van der Waals surface area contributed by atoms with E-state index >= 15 is 0 Å². The van der Waals surface area contributed by atoms with Crippen molar-refractivity contribution in [2.75, 3.05) is 20.0 Å². The second-order valence-corrected chi connectivity index (χ2v) is 4.72. The van der Waals surface area contributed by atoms with E-state index in [-0.39, 0.29) is 11.5 Å². The van der Waals surface area contributed by atoms with E-state index in [9.17, 15) is 4.39 Å². The first-order valence-electron chi connectivity index (χ1n) is 5.39. The standard InChI is InChI=1S/C12H13BrFN3O2/c1-17-9(15)5-8(16-17)6-4-7(13)12(19-3)10(14)11(6)18-2/h4-5H,15H2,1-3H3. The Labute approximate surface area is 118 Å². The minimum absolute atomic E-state index is 0.0677. The molecule has 2 aromatic rings. The van der Waals surface area contributed by atoms with E-state index in [1.54, 1.807) is 19.2 Å². The molecule has 0 bridgehead atoms. The number of nitrogens with zero attached hydrogens (tertiary/aromatic N) is 2. The lowest BCUT2D eigenvalue weighted by atomic mass is 10.1. The summed E-state index contributed by atoms with van der Waals surface area (Å²) in [5, 5.41) is 4.21. The highest BCUT2D eigenvalue weighted by Gasteiger charge is 2.21. The van der Waals surface area contributed by atoms with Crippen LogP contribution in [-0.4, -0.2) is 24.0 Å². The number of halogens is 2. The van der Waals surface area contributed by atoms with E-state index in [0.717, 1.165) is 0 Å². The van der Waals surface area contributed by atoms with E-state index in [2.05, 4.69) is 21.0 Å². The quantitative estimate of drug-likeness (QED) is 0.940. The lowest BCUT2D eigenvalue weighted by Crippen LogP contribution is -1.99. The number of hydrogen-bond acceptors (Lipinski definition) is 4. The highest BCUT2D eigenvalue weighted by molar-refractivity contribution is 9.10. The van der Waals surface area contributed by atoms with Gasteiger partial charge < -0.3 is 15.2 Å². The van der Waals surface area contributed by atoms with Gasteiger partial charge in [0.15, 0.2) is 11.5 Å². The lowest BCUT2D eigenvalue weighted by Gasteiger charge is -2.12. The number of nitrogen functional groups attached to an aromatic ring is 1. The molecule has 1 heterocycles. The Balaban J connectivity index is 2.69. The Morgan fingerprint density at radius 2 is 1.89 bits per heavy atom. The van der Waals surface area contributed by atoms with Crippen molar-refractivity contribution < 1.29 is 13.9 Å². The van der Waals surface area contributed by atoms with Crippen molar-refractivity contribution in [1.29, 1.82) is 0 Å². The number of hydrogen-bond donors (Lipinski definition) is 1. The van der Waals surface area contributed by atoms with Gasteiger partial charge in [-0.25, -0.2) is 0 Å². The molecule has 0 aliphatic heterocycles. The molecule has 0 fully saturated rings. The van der Waals surface area contributed by atoms with Crippen LogP contribution in [0.2, 0.25) is 0 Å². The minimum Gasteiger partial charge on any atom is -0.493 e. The molecule has 0 saturated heterocycles. The average Bonchev–Trinajstić information content (AvgIpc) is 2.69. The minimum atomic E-state index is -0.585. The Bertz CT molecular complexity index is 608. The summed E-state index contributed by atoms with van der Waals surface area (Å²) >= 11 is 3.26. The second-order valence-electron chi connectivity index (χ2n) is 3.86. The van der Waals surface area contributed by atoms with Crippen molar-refractivity contribution in [2.45, 2.75) is 0 Å². The van der Waals surface area contributed by atoms with Crippen molar-refractivity contribution in [3.05, 3.63) is 22.4 Å². The van der Waals surface area contributed by atoms with Crippen molar-refractivity contribution in [3.8, 4) is 22.8 Å². The first kappa shape index (κ1) is 13.7. The van der Waals surface area contributed by atoms with Crippen LogP contribution in [0, 0.1) is 5.82 Å². The van der Waals surface area contributed by atoms with E-state index in [4.69, 9.17) is 15.2 Å². The fourth-order valence-electron chi connectivity index (χ4n) is 1.77. The third-order valence-electron chi connectivity index (χ3n) is 2.73. The molecule has 0 radical (unpaired) electrons. The molecule has 102 valence electrons. The molecular formula is C12H13BrFN3O2. The second kappa shape index (κ2) is 5.08. The third-order valence-corrected chi connectivity index (χ3v) is 3.32. The summed E-state index contributed by atoms with van der Waals surface area (Å²) in [4.78, 5) is 0. The number of rotatable bonds is 3. The van der Waals surface area contributed by atoms with Gasteiger partial charge in [-0.05, 0) is 22.0 Å². The molecule has 0 amide bonds. The highest BCUT2D eigenvalue weighted by Crippen LogP contribution is 2.41. The molecule has 0 unspecified atom stereocenters. The van der Waals surface area contributed by atoms with Crippen LogP contribution in [0.3, 0.4) is 0 Å². The largest absolute Gasteiger partial charge is 0.493 e. The normalized spacial score (nSPS) is 10.6. The van der Waals surface area contributed by atoms with Crippen LogP contribution < -0.4 is 15.2 Å². The first-order chi connectivity index (χ1) is 8.99. The number of aromatic nitrogens is 2. The lowest BCUT2D eigenvalue weighted by molar-refractivity contribution is 0.350. The summed E-state index contributed by atoms with van der Waals surface area (Å²) < 4.78 is 26.3. The van der Waals surface area contributed by atoms with Crippen LogP contribution in [0.25, 0.3) is 11.3 Å². The van der Waals surface area contributed by atoms with Gasteiger partial charge in [0.25, 0.3) is 0 Å². The van der Waals surface area contributed by atoms with Crippen LogP contribution in [0.5, 0.6) is 11.5 Å². The zero-order valence-corrected chi connectivity index (χ0v) is 12.3. The molecule has 0 saturated carbocycles. The Hall–Kier alpha value is -1.76. The summed E-state index contributed by atoms with van der Waals surface area (Å²) in [5.74, 6) is 0.0469. The molecular weight excluding hydrogens is 317 g/mol. The molecule has 2 rings (SSSR count). The van der Waals surface area contributed by atoms with Gasteiger partial charge >= 0.3 is 0 Å². The SMILES string of the molecule is COc1c(Br)cc(-c2cc(N)n(C)n2)c(OC)c1F. The molecule has 1 aromatic heterocycles. The van der Waals surface area contributed by atoms with E-state index in [1.807, 2.05) is 0 Å². The monoisotopic (exact) mass is 329 g/mol. The van der Waals surface area contributed by atoms with E-state index < -0.39 is 5.82 Å². The molecule has 0 aliphatic carbocycles. The number of aryl methyl sites for hydroxylation is 1. The van der Waals surface area contributed by atoms with Gasteiger partial charge in [-0.15, -0.1) is 0 Å². The zero-order valence-electron chi connectivity index (χ0n) is 10.7. The summed E-state index contributed by atoms with van der Waals surface area (Å²) in [5.41, 5.74) is 6.76. The highest BCUT2D eigenvalue weighted by atomic mass is 79.9. The summed E-state index contributed by atoms with van der Waals surface area (Å²) in [6.07, 6.45) is 0. The maximum atomic E-state index is 14.2. The van der Waals surface area contributed by atoms with Gasteiger partial charge in [-0.3, -0.25) is 4.68 Å². The molecule has 0 aliphatic rings. The Morgan fingerprint density at radius 3 is 2.37 bits per heavy atom. The number of benzene rings is 1. The van der Waals surface area contributed by atoms with Crippen LogP contribution in [-0.2, 0) is 7.05 Å². The van der Waals surface area contributed by atoms with Crippen LogP contribution in [0.1, 0.15) is 0 Å². The first-order valence-corrected chi connectivity index (χ1v) is 6.18. The Morgan fingerprint density at radius 1 is 1.26 bits per heavy atom. The van der Waals surface area contributed by atoms with Crippen LogP contribution >= 0.6 is 15.9 Å². The fraction of sp³-hybridized carbons (Fsp3) is 0.250. The number of ether oxygens (including phenoxy) is 2. The summed E-state index contributed by atoms with van der Waals surface area (Å²) in [6, 6.07) is 3.33. The number of anilines is 1. The summed E-state index contributed by atoms with van der Waals surface area (Å²) in [6.45, 7) is 0. The van der Waals surface area contributed by atoms with Gasteiger partial charge in [0.05, 0.1) is 24.4 Å². The molecule has 7 heteroatoms. The van der Waals surface area contributed by atoms with Gasteiger partial charge in [-0.1, -0.05) is 0 Å². The molecule has 0 atom stereocenters. The average molecular weight is 330 g/mol. The number of nitrogens with two attached hydrogens (primary N) is 1. The fourth-order valence-corrected chi connectivity index (χ4v) is 2.34. The van der Waals surface area contributed by atoms with Gasteiger partial charge in [0, 0.05) is 18.7 Å². The molecule has 0 spiro atoms. The third kappa shape index (κ3) is 2.25. The van der Waals surface area contributed by atoms with Crippen LogP contribution in [0.15, 0.2) is 16.6 Å². The van der Waals surface area contributed by atoms with Crippen LogP contribution in [0.4, 0.5) is 10.2 Å². The number of methoxy groups -OCH3 is 2. The van der Waals surface area contributed by atoms with Gasteiger partial charge in [0.1, 0.15) is 5.82 Å². The maximum Gasteiger partial charge on any atom is 0.208 e. The van der Waals surface area contributed by atoms with Crippen molar-refractivity contribution >= 4 is 21.7 Å². The van der Waals surface area contributed by atoms with Gasteiger partial charge in [0.2, 0.25) is 5.82 Å². The van der Waals surface area contributed by atoms with Crippen molar-refractivity contribution in [2.24, 2.45) is 7.05 Å². The topological polar surface area (TPSA) is 62.3 Å². The predicted molar refractivity (Wildman–Crippen MR) is 73.8 cm³/mol. The maximum absolute atomic E-state index is 14.2. The van der Waals surface area contributed by atoms with Crippen molar-refractivity contribution in [3.63, 3.8) is 0 Å².